The maximum absolute atomic E-state index is 12.9. The molecule has 1 fully saturated rings. The minimum absolute atomic E-state index is 0.0235. The van der Waals surface area contributed by atoms with Gasteiger partial charge in [-0.15, -0.1) is 0 Å². The van der Waals surface area contributed by atoms with Crippen molar-refractivity contribution in [3.05, 3.63) is 87.8 Å². The first kappa shape index (κ1) is 20.8. The molecule has 4 heteroatoms. The Morgan fingerprint density at radius 1 is 1.00 bits per heavy atom. The summed E-state index contributed by atoms with van der Waals surface area (Å²) in [6.45, 7) is 8.60. The summed E-state index contributed by atoms with van der Waals surface area (Å²) in [4.78, 5) is 16.6. The third kappa shape index (κ3) is 3.69. The molecule has 3 heterocycles. The molecule has 2 N–H and O–H groups in total. The topological polar surface area (TPSA) is 49.8 Å². The van der Waals surface area contributed by atoms with Gasteiger partial charge < -0.3 is 10.3 Å². The van der Waals surface area contributed by atoms with Crippen molar-refractivity contribution in [2.24, 2.45) is 0 Å². The molecule has 2 aromatic heterocycles. The first-order valence-electron chi connectivity index (χ1n) is 11.7. The maximum atomic E-state index is 12.9. The Morgan fingerprint density at radius 2 is 1.75 bits per heavy atom. The molecule has 0 unspecified atom stereocenters. The molecular formula is C28H31N3O. The first-order valence-corrected chi connectivity index (χ1v) is 11.7. The van der Waals surface area contributed by atoms with Gasteiger partial charge in [-0.3, -0.25) is 9.36 Å². The highest BCUT2D eigenvalue weighted by Crippen LogP contribution is 2.38. The Balaban J connectivity index is 1.68. The van der Waals surface area contributed by atoms with Gasteiger partial charge in [-0.2, -0.15) is 0 Å². The second-order valence-corrected chi connectivity index (χ2v) is 9.32. The maximum Gasteiger partial charge on any atom is 0.258 e. The van der Waals surface area contributed by atoms with Crippen LogP contribution >= 0.6 is 0 Å². The van der Waals surface area contributed by atoms with E-state index in [0.29, 0.717) is 11.8 Å². The van der Waals surface area contributed by atoms with Crippen molar-refractivity contribution in [2.75, 3.05) is 13.1 Å². The largest absolute Gasteiger partial charge is 0.354 e. The zero-order valence-electron chi connectivity index (χ0n) is 19.1. The molecule has 0 radical (unpaired) electrons. The Labute approximate surface area is 189 Å². The van der Waals surface area contributed by atoms with Crippen LogP contribution in [0.15, 0.2) is 65.6 Å². The first-order chi connectivity index (χ1) is 15.5. The van der Waals surface area contributed by atoms with E-state index in [2.05, 4.69) is 42.3 Å². The normalized spacial score (nSPS) is 15.0. The lowest BCUT2D eigenvalue weighted by Crippen LogP contribution is -2.26. The molecule has 1 aliphatic heterocycles. The lowest BCUT2D eigenvalue weighted by atomic mass is 9.88. The highest BCUT2D eigenvalue weighted by atomic mass is 16.1. The van der Waals surface area contributed by atoms with Crippen LogP contribution in [0.2, 0.25) is 0 Å². The second-order valence-electron chi connectivity index (χ2n) is 9.32. The molecular weight excluding hydrogens is 394 g/mol. The summed E-state index contributed by atoms with van der Waals surface area (Å²) >= 11 is 0. The van der Waals surface area contributed by atoms with Gasteiger partial charge in [-0.25, -0.2) is 0 Å². The summed E-state index contributed by atoms with van der Waals surface area (Å²) in [5.74, 6) is 0.987. The predicted molar refractivity (Wildman–Crippen MR) is 133 cm³/mol. The van der Waals surface area contributed by atoms with Crippen LogP contribution < -0.4 is 10.9 Å². The van der Waals surface area contributed by atoms with Gasteiger partial charge in [0.05, 0.1) is 5.69 Å². The van der Waals surface area contributed by atoms with Gasteiger partial charge in [0.15, 0.2) is 0 Å². The highest BCUT2D eigenvalue weighted by molar-refractivity contribution is 5.92. The van der Waals surface area contributed by atoms with Crippen molar-refractivity contribution >= 4 is 10.9 Å². The average molecular weight is 426 g/mol. The van der Waals surface area contributed by atoms with E-state index in [1.807, 2.05) is 49.5 Å². The molecule has 164 valence electrons. The van der Waals surface area contributed by atoms with Gasteiger partial charge in [0.25, 0.3) is 5.56 Å². The van der Waals surface area contributed by atoms with Gasteiger partial charge in [0.1, 0.15) is 0 Å². The minimum atomic E-state index is 0.0235. The Morgan fingerprint density at radius 3 is 2.47 bits per heavy atom. The molecule has 1 saturated heterocycles. The number of aromatic nitrogens is 2. The molecule has 0 amide bonds. The van der Waals surface area contributed by atoms with E-state index in [4.69, 9.17) is 0 Å². The summed E-state index contributed by atoms with van der Waals surface area (Å²) in [5.41, 5.74) is 7.75. The average Bonchev–Trinajstić information content (AvgIpc) is 3.21. The fourth-order valence-electron chi connectivity index (χ4n) is 5.10. The molecule has 0 saturated carbocycles. The summed E-state index contributed by atoms with van der Waals surface area (Å²) in [6, 6.07) is 18.8. The summed E-state index contributed by atoms with van der Waals surface area (Å²) in [7, 11) is 0. The van der Waals surface area contributed by atoms with Crippen LogP contribution in [0.5, 0.6) is 0 Å². The monoisotopic (exact) mass is 425 g/mol. The number of H-pyrrole nitrogens is 1. The van der Waals surface area contributed by atoms with Crippen LogP contribution in [0.3, 0.4) is 0 Å². The Kier molecular flexibility index (Phi) is 5.48. The third-order valence-electron chi connectivity index (χ3n) is 6.77. The number of para-hydroxylation sites is 1. The van der Waals surface area contributed by atoms with Gasteiger partial charge >= 0.3 is 0 Å². The number of aryl methyl sites for hydroxylation is 1. The number of rotatable bonds is 4. The number of aromatic amines is 1. The number of hydrogen-bond acceptors (Lipinski definition) is 2. The van der Waals surface area contributed by atoms with Crippen LogP contribution in [0.4, 0.5) is 0 Å². The van der Waals surface area contributed by atoms with Crippen molar-refractivity contribution in [1.82, 2.24) is 14.9 Å². The lowest BCUT2D eigenvalue weighted by Gasteiger charge is -2.23. The van der Waals surface area contributed by atoms with E-state index >= 15 is 0 Å². The number of nitrogens with zero attached hydrogens (tertiary/aromatic N) is 1. The Hall–Kier alpha value is -3.11. The SMILES string of the molecule is Cc1cc(-c2[nH]c3ccc(C4CCNCC4)cc3c2C(C)C)cn(-c2ccccc2)c1=O. The van der Waals surface area contributed by atoms with Gasteiger partial charge in [0.2, 0.25) is 0 Å². The fourth-order valence-corrected chi connectivity index (χ4v) is 5.10. The zero-order chi connectivity index (χ0) is 22.2. The molecule has 0 spiro atoms. The van der Waals surface area contributed by atoms with E-state index in [1.165, 1.54) is 29.4 Å². The molecule has 5 rings (SSSR count). The molecule has 32 heavy (non-hydrogen) atoms. The number of fused-ring (bicyclic) bond motifs is 1. The van der Waals surface area contributed by atoms with Gasteiger partial charge in [-0.1, -0.05) is 38.1 Å². The quantitative estimate of drug-likeness (QED) is 0.429. The minimum Gasteiger partial charge on any atom is -0.354 e. The van der Waals surface area contributed by atoms with E-state index in [-0.39, 0.29) is 5.56 Å². The van der Waals surface area contributed by atoms with Crippen molar-refractivity contribution < 1.29 is 0 Å². The summed E-state index contributed by atoms with van der Waals surface area (Å²) < 4.78 is 1.76. The van der Waals surface area contributed by atoms with Crippen LogP contribution in [-0.2, 0) is 0 Å². The number of piperidine rings is 1. The van der Waals surface area contributed by atoms with Gasteiger partial charge in [0, 0.05) is 33.9 Å². The highest BCUT2D eigenvalue weighted by Gasteiger charge is 2.21. The molecule has 0 bridgehead atoms. The van der Waals surface area contributed by atoms with Crippen LogP contribution in [0, 0.1) is 6.92 Å². The second kappa shape index (κ2) is 8.44. The predicted octanol–water partition coefficient (Wildman–Crippen LogP) is 5.88. The molecule has 2 aromatic carbocycles. The molecule has 0 aliphatic carbocycles. The van der Waals surface area contributed by atoms with Crippen LogP contribution in [-0.4, -0.2) is 22.6 Å². The molecule has 4 nitrogen and oxygen atoms in total. The molecule has 1 aliphatic rings. The number of nitrogens with one attached hydrogen (secondary N) is 2. The van der Waals surface area contributed by atoms with Crippen molar-refractivity contribution in [2.45, 2.75) is 45.4 Å². The van der Waals surface area contributed by atoms with Crippen molar-refractivity contribution in [3.8, 4) is 16.9 Å². The number of hydrogen-bond donors (Lipinski definition) is 2. The molecule has 4 aromatic rings. The smallest absolute Gasteiger partial charge is 0.258 e. The van der Waals surface area contributed by atoms with E-state index < -0.39 is 0 Å². The molecule has 0 atom stereocenters. The number of benzene rings is 2. The fraction of sp³-hybridized carbons (Fsp3) is 0.321. The lowest BCUT2D eigenvalue weighted by molar-refractivity contribution is 0.460. The summed E-state index contributed by atoms with van der Waals surface area (Å²) in [6.07, 6.45) is 4.37. The van der Waals surface area contributed by atoms with E-state index in [1.54, 1.807) is 4.57 Å². The van der Waals surface area contributed by atoms with Gasteiger partial charge in [-0.05, 0) is 86.1 Å². The standard InChI is InChI=1S/C28H31N3O/c1-18(2)26-24-16-21(20-11-13-29-14-12-20)9-10-25(24)30-27(26)22-15-19(3)28(32)31(17-22)23-7-5-4-6-8-23/h4-10,15-18,20,29-30H,11-14H2,1-3H3. The Bertz CT molecular complexity index is 1310. The van der Waals surface area contributed by atoms with Crippen molar-refractivity contribution in [1.29, 1.82) is 0 Å². The number of pyridine rings is 1. The van der Waals surface area contributed by atoms with E-state index in [0.717, 1.165) is 41.1 Å². The van der Waals surface area contributed by atoms with Crippen molar-refractivity contribution in [3.63, 3.8) is 0 Å². The third-order valence-corrected chi connectivity index (χ3v) is 6.77. The zero-order valence-corrected chi connectivity index (χ0v) is 19.1. The van der Waals surface area contributed by atoms with Crippen LogP contribution in [0.1, 0.15) is 55.2 Å². The van der Waals surface area contributed by atoms with Crippen LogP contribution in [0.25, 0.3) is 27.8 Å². The van der Waals surface area contributed by atoms with E-state index in [9.17, 15) is 4.79 Å². The summed E-state index contributed by atoms with van der Waals surface area (Å²) in [5, 5.41) is 4.78.